The average molecular weight is 416 g/mol. The van der Waals surface area contributed by atoms with Crippen molar-refractivity contribution in [1.29, 1.82) is 0 Å². The monoisotopic (exact) mass is 416 g/mol. The van der Waals surface area contributed by atoms with E-state index >= 15 is 0 Å². The van der Waals surface area contributed by atoms with Crippen LogP contribution in [-0.2, 0) is 11.2 Å². The molecule has 0 aromatic heterocycles. The molecule has 0 aliphatic carbocycles. The number of benzene rings is 3. The number of likely N-dealkylation sites (N-methyl/N-ethyl adjacent to an activating group) is 1. The second-order valence-electron chi connectivity index (χ2n) is 7.95. The molecule has 5 heteroatoms. The van der Waals surface area contributed by atoms with Crippen LogP contribution < -0.4 is 0 Å². The minimum Gasteiger partial charge on any atom is -0.344 e. The molecule has 3 aromatic carbocycles. The van der Waals surface area contributed by atoms with Gasteiger partial charge >= 0.3 is 0 Å². The first-order chi connectivity index (χ1) is 15.0. The third kappa shape index (κ3) is 4.66. The van der Waals surface area contributed by atoms with Crippen LogP contribution in [0.5, 0.6) is 0 Å². The van der Waals surface area contributed by atoms with E-state index in [2.05, 4.69) is 18.2 Å². The van der Waals surface area contributed by atoms with E-state index in [0.717, 1.165) is 16.7 Å². The lowest BCUT2D eigenvalue weighted by Crippen LogP contribution is -2.37. The van der Waals surface area contributed by atoms with Gasteiger partial charge in [-0.25, -0.2) is 4.39 Å². The topological polar surface area (TPSA) is 40.6 Å². The fourth-order valence-electron chi connectivity index (χ4n) is 4.13. The Morgan fingerprint density at radius 1 is 0.968 bits per heavy atom. The molecule has 0 saturated carbocycles. The van der Waals surface area contributed by atoms with Crippen molar-refractivity contribution in [2.75, 3.05) is 26.7 Å². The lowest BCUT2D eigenvalue weighted by molar-refractivity contribution is -0.133. The molecule has 4 rings (SSSR count). The van der Waals surface area contributed by atoms with Gasteiger partial charge in [0.1, 0.15) is 5.82 Å². The molecule has 1 atom stereocenters. The van der Waals surface area contributed by atoms with Gasteiger partial charge in [-0.05, 0) is 41.3 Å². The summed E-state index contributed by atoms with van der Waals surface area (Å²) in [5.41, 5.74) is 3.56. The van der Waals surface area contributed by atoms with Crippen LogP contribution in [0.2, 0.25) is 0 Å². The predicted octanol–water partition coefficient (Wildman–Crippen LogP) is 4.27. The summed E-state index contributed by atoms with van der Waals surface area (Å²) in [6.45, 7) is 1.19. The summed E-state index contributed by atoms with van der Waals surface area (Å²) in [5, 5.41) is 0. The van der Waals surface area contributed by atoms with Crippen LogP contribution in [0.1, 0.15) is 15.9 Å². The molecule has 1 aliphatic heterocycles. The highest BCUT2D eigenvalue weighted by molar-refractivity contribution is 5.95. The van der Waals surface area contributed by atoms with Crippen LogP contribution in [0.3, 0.4) is 0 Å². The Labute approximate surface area is 181 Å². The van der Waals surface area contributed by atoms with Crippen LogP contribution in [0.4, 0.5) is 4.39 Å². The van der Waals surface area contributed by atoms with Crippen LogP contribution in [0.25, 0.3) is 11.1 Å². The Hall–Kier alpha value is -3.47. The second-order valence-corrected chi connectivity index (χ2v) is 7.95. The Balaban J connectivity index is 1.61. The molecule has 1 heterocycles. The number of amides is 2. The molecule has 4 nitrogen and oxygen atoms in total. The van der Waals surface area contributed by atoms with Crippen LogP contribution in [0, 0.1) is 11.7 Å². The number of hydrogen-bond donors (Lipinski definition) is 0. The average Bonchev–Trinajstić information content (AvgIpc) is 2.93. The van der Waals surface area contributed by atoms with Crippen molar-refractivity contribution in [2.45, 2.75) is 6.42 Å². The quantitative estimate of drug-likeness (QED) is 0.638. The van der Waals surface area contributed by atoms with Gasteiger partial charge in [-0.1, -0.05) is 60.7 Å². The molecule has 0 radical (unpaired) electrons. The zero-order chi connectivity index (χ0) is 21.8. The fraction of sp³-hybridized carbons (Fsp3) is 0.231. The molecule has 0 spiro atoms. The van der Waals surface area contributed by atoms with E-state index in [9.17, 15) is 14.0 Å². The Morgan fingerprint density at radius 3 is 2.48 bits per heavy atom. The Morgan fingerprint density at radius 2 is 1.71 bits per heavy atom. The van der Waals surface area contributed by atoms with Crippen molar-refractivity contribution in [3.63, 3.8) is 0 Å². The zero-order valence-corrected chi connectivity index (χ0v) is 17.5. The van der Waals surface area contributed by atoms with E-state index in [-0.39, 0.29) is 17.7 Å². The van der Waals surface area contributed by atoms with Crippen molar-refractivity contribution >= 4 is 11.8 Å². The molecular weight excluding hydrogens is 391 g/mol. The van der Waals surface area contributed by atoms with Gasteiger partial charge in [0, 0.05) is 32.2 Å². The summed E-state index contributed by atoms with van der Waals surface area (Å²) in [4.78, 5) is 29.5. The SMILES string of the molecule is CN1CCN(C(=O)c2cccc(F)c2)C[C@@H](Cc2ccccc2-c2ccccc2)C1=O. The van der Waals surface area contributed by atoms with Crippen molar-refractivity contribution in [3.8, 4) is 11.1 Å². The summed E-state index contributed by atoms with van der Waals surface area (Å²) in [6.07, 6.45) is 0.529. The molecule has 0 N–H and O–H groups in total. The number of nitrogens with zero attached hydrogens (tertiary/aromatic N) is 2. The van der Waals surface area contributed by atoms with Crippen LogP contribution in [-0.4, -0.2) is 48.3 Å². The number of carbonyl (C=O) groups excluding carboxylic acids is 2. The molecule has 2 amide bonds. The minimum atomic E-state index is -0.442. The fourth-order valence-corrected chi connectivity index (χ4v) is 4.13. The largest absolute Gasteiger partial charge is 0.344 e. The first-order valence-electron chi connectivity index (χ1n) is 10.5. The summed E-state index contributed by atoms with van der Waals surface area (Å²) < 4.78 is 13.6. The predicted molar refractivity (Wildman–Crippen MR) is 119 cm³/mol. The van der Waals surface area contributed by atoms with Gasteiger partial charge in [-0.3, -0.25) is 9.59 Å². The first-order valence-corrected chi connectivity index (χ1v) is 10.5. The van der Waals surface area contributed by atoms with Crippen LogP contribution >= 0.6 is 0 Å². The summed E-state index contributed by atoms with van der Waals surface area (Å²) in [5.74, 6) is -1.03. The maximum absolute atomic E-state index is 13.6. The number of halogens is 1. The van der Waals surface area contributed by atoms with E-state index in [1.807, 2.05) is 36.4 Å². The van der Waals surface area contributed by atoms with E-state index in [0.29, 0.717) is 31.6 Å². The summed E-state index contributed by atoms with van der Waals surface area (Å²) in [7, 11) is 1.77. The third-order valence-corrected chi connectivity index (χ3v) is 5.80. The van der Waals surface area contributed by atoms with Gasteiger partial charge in [-0.2, -0.15) is 0 Å². The van der Waals surface area contributed by atoms with Crippen LogP contribution in [0.15, 0.2) is 78.9 Å². The zero-order valence-electron chi connectivity index (χ0n) is 17.5. The third-order valence-electron chi connectivity index (χ3n) is 5.80. The van der Waals surface area contributed by atoms with Gasteiger partial charge in [-0.15, -0.1) is 0 Å². The van der Waals surface area contributed by atoms with E-state index in [1.165, 1.54) is 18.2 Å². The van der Waals surface area contributed by atoms with Gasteiger partial charge < -0.3 is 9.80 Å². The number of hydrogen-bond acceptors (Lipinski definition) is 2. The van der Waals surface area contributed by atoms with E-state index in [1.54, 1.807) is 22.9 Å². The highest BCUT2D eigenvalue weighted by atomic mass is 19.1. The van der Waals surface area contributed by atoms with E-state index < -0.39 is 5.82 Å². The molecule has 1 aliphatic rings. The van der Waals surface area contributed by atoms with Crippen molar-refractivity contribution in [3.05, 3.63) is 95.8 Å². The van der Waals surface area contributed by atoms with Gasteiger partial charge in [0.25, 0.3) is 5.91 Å². The smallest absolute Gasteiger partial charge is 0.254 e. The molecule has 3 aromatic rings. The normalized spacial score (nSPS) is 16.8. The lowest BCUT2D eigenvalue weighted by atomic mass is 9.91. The van der Waals surface area contributed by atoms with Crippen molar-refractivity contribution < 1.29 is 14.0 Å². The van der Waals surface area contributed by atoms with Gasteiger partial charge in [0.15, 0.2) is 0 Å². The Bertz CT molecular complexity index is 1080. The lowest BCUT2D eigenvalue weighted by Gasteiger charge is -2.24. The molecule has 1 fully saturated rings. The molecular formula is C26H25FN2O2. The molecule has 158 valence electrons. The van der Waals surface area contributed by atoms with Crippen molar-refractivity contribution in [2.24, 2.45) is 5.92 Å². The van der Waals surface area contributed by atoms with Gasteiger partial charge in [0.05, 0.1) is 5.92 Å². The summed E-state index contributed by atoms with van der Waals surface area (Å²) >= 11 is 0. The standard InChI is InChI=1S/C26H25FN2O2/c1-28-14-15-29(26(31)21-11-7-12-23(27)17-21)18-22(25(28)30)16-20-10-5-6-13-24(20)19-8-3-2-4-9-19/h2-13,17,22H,14-16,18H2,1H3/t22-/m1/s1. The maximum atomic E-state index is 13.6. The molecule has 0 unspecified atom stereocenters. The number of carbonyl (C=O) groups is 2. The molecule has 1 saturated heterocycles. The van der Waals surface area contributed by atoms with E-state index in [4.69, 9.17) is 0 Å². The first kappa shape index (κ1) is 20.8. The maximum Gasteiger partial charge on any atom is 0.254 e. The Kier molecular flexibility index (Phi) is 6.12. The number of rotatable bonds is 4. The highest BCUT2D eigenvalue weighted by Gasteiger charge is 2.31. The second kappa shape index (κ2) is 9.13. The minimum absolute atomic E-state index is 0.0254. The summed E-state index contributed by atoms with van der Waals surface area (Å²) in [6, 6.07) is 23.9. The highest BCUT2D eigenvalue weighted by Crippen LogP contribution is 2.27. The molecule has 0 bridgehead atoms. The molecule has 31 heavy (non-hydrogen) atoms. The van der Waals surface area contributed by atoms with Crippen molar-refractivity contribution in [1.82, 2.24) is 9.80 Å². The van der Waals surface area contributed by atoms with Gasteiger partial charge in [0.2, 0.25) is 5.91 Å².